The van der Waals surface area contributed by atoms with Crippen LogP contribution < -0.4 is 0 Å². The van der Waals surface area contributed by atoms with Crippen molar-refractivity contribution in [2.75, 3.05) is 0 Å². The van der Waals surface area contributed by atoms with Gasteiger partial charge in [-0.3, -0.25) is 0 Å². The maximum absolute atomic E-state index is 12.3. The predicted octanol–water partition coefficient (Wildman–Crippen LogP) is 4.97. The van der Waals surface area contributed by atoms with E-state index < -0.39 is 11.9 Å². The monoisotopic (exact) mass is 324 g/mol. The molecule has 0 N–H and O–H groups in total. The molecule has 0 radical (unpaired) electrons. The number of benzene rings is 4. The highest BCUT2D eigenvalue weighted by molar-refractivity contribution is 6.22. The number of hydrogen-bond donors (Lipinski definition) is 0. The zero-order valence-electron chi connectivity index (χ0n) is 13.2. The predicted molar refractivity (Wildman–Crippen MR) is 96.6 cm³/mol. The Labute approximate surface area is 143 Å². The molecular weight excluding hydrogens is 312 g/mol. The van der Waals surface area contributed by atoms with E-state index >= 15 is 0 Å². The van der Waals surface area contributed by atoms with Crippen LogP contribution in [0.15, 0.2) is 72.8 Å². The quantitative estimate of drug-likeness (QED) is 0.367. The van der Waals surface area contributed by atoms with Crippen LogP contribution in [0.2, 0.25) is 0 Å². The molecule has 0 aromatic heterocycles. The number of carbonyl (C=O) groups excluding carboxylic acids is 2. The van der Waals surface area contributed by atoms with Crippen LogP contribution in [0.1, 0.15) is 20.7 Å². The highest BCUT2D eigenvalue weighted by atomic mass is 16.6. The maximum atomic E-state index is 12.3. The molecule has 1 aliphatic heterocycles. The van der Waals surface area contributed by atoms with Gasteiger partial charge in [-0.05, 0) is 39.2 Å². The van der Waals surface area contributed by atoms with Gasteiger partial charge < -0.3 is 4.74 Å². The van der Waals surface area contributed by atoms with E-state index in [4.69, 9.17) is 4.74 Å². The topological polar surface area (TPSA) is 43.4 Å². The van der Waals surface area contributed by atoms with Crippen molar-refractivity contribution in [2.24, 2.45) is 0 Å². The highest BCUT2D eigenvalue weighted by Gasteiger charge is 2.34. The molecule has 3 heteroatoms. The number of rotatable bonds is 1. The molecule has 118 valence electrons. The van der Waals surface area contributed by atoms with E-state index in [1.54, 1.807) is 6.07 Å². The number of ether oxygens (including phenoxy) is 1. The van der Waals surface area contributed by atoms with Gasteiger partial charge in [0.1, 0.15) is 0 Å². The van der Waals surface area contributed by atoms with E-state index in [1.807, 2.05) is 66.7 Å². The molecule has 0 saturated heterocycles. The third-order valence-corrected chi connectivity index (χ3v) is 4.70. The fraction of sp³-hybridized carbons (Fsp3) is 0. The van der Waals surface area contributed by atoms with Crippen molar-refractivity contribution in [1.29, 1.82) is 0 Å². The molecule has 4 aromatic carbocycles. The van der Waals surface area contributed by atoms with E-state index in [-0.39, 0.29) is 0 Å². The lowest BCUT2D eigenvalue weighted by molar-refractivity contribution is 0.0444. The molecule has 0 unspecified atom stereocenters. The van der Waals surface area contributed by atoms with Crippen LogP contribution in [-0.2, 0) is 4.74 Å². The van der Waals surface area contributed by atoms with Gasteiger partial charge in [0.15, 0.2) is 0 Å². The molecule has 1 heterocycles. The van der Waals surface area contributed by atoms with Crippen molar-refractivity contribution in [2.45, 2.75) is 0 Å². The van der Waals surface area contributed by atoms with E-state index in [0.29, 0.717) is 11.1 Å². The number of esters is 2. The van der Waals surface area contributed by atoms with Crippen molar-refractivity contribution in [3.8, 4) is 11.1 Å². The summed E-state index contributed by atoms with van der Waals surface area (Å²) in [7, 11) is 0. The Morgan fingerprint density at radius 2 is 1.32 bits per heavy atom. The van der Waals surface area contributed by atoms with Gasteiger partial charge in [-0.1, -0.05) is 60.7 Å². The van der Waals surface area contributed by atoms with Crippen LogP contribution in [0.25, 0.3) is 32.7 Å². The summed E-state index contributed by atoms with van der Waals surface area (Å²) in [6.07, 6.45) is 0. The van der Waals surface area contributed by atoms with Crippen LogP contribution >= 0.6 is 0 Å². The summed E-state index contributed by atoms with van der Waals surface area (Å²) < 4.78 is 4.87. The Balaban J connectivity index is 1.92. The van der Waals surface area contributed by atoms with Crippen molar-refractivity contribution >= 4 is 33.5 Å². The van der Waals surface area contributed by atoms with E-state index in [2.05, 4.69) is 0 Å². The van der Waals surface area contributed by atoms with Crippen LogP contribution in [0.3, 0.4) is 0 Å². The molecule has 0 atom stereocenters. The molecule has 0 fully saturated rings. The Morgan fingerprint density at radius 1 is 0.600 bits per heavy atom. The summed E-state index contributed by atoms with van der Waals surface area (Å²) >= 11 is 0. The van der Waals surface area contributed by atoms with Gasteiger partial charge in [-0.25, -0.2) is 9.59 Å². The summed E-state index contributed by atoms with van der Waals surface area (Å²) in [5, 5.41) is 4.06. The zero-order valence-corrected chi connectivity index (χ0v) is 13.2. The lowest BCUT2D eigenvalue weighted by atomic mass is 9.89. The van der Waals surface area contributed by atoms with Crippen molar-refractivity contribution < 1.29 is 14.3 Å². The summed E-state index contributed by atoms with van der Waals surface area (Å²) in [5.41, 5.74) is 2.36. The molecule has 5 rings (SSSR count). The Kier molecular flexibility index (Phi) is 2.80. The minimum atomic E-state index is -0.576. The van der Waals surface area contributed by atoms with Gasteiger partial charge >= 0.3 is 11.9 Å². The first kappa shape index (κ1) is 13.9. The van der Waals surface area contributed by atoms with Crippen LogP contribution in [0.4, 0.5) is 0 Å². The second-order valence-electron chi connectivity index (χ2n) is 6.13. The number of cyclic esters (lactones) is 2. The summed E-state index contributed by atoms with van der Waals surface area (Å²) in [6, 6.07) is 23.6. The summed E-state index contributed by atoms with van der Waals surface area (Å²) in [6.45, 7) is 0. The Bertz CT molecular complexity index is 1200. The largest absolute Gasteiger partial charge is 0.386 e. The first-order valence-electron chi connectivity index (χ1n) is 8.04. The molecule has 0 saturated carbocycles. The molecule has 0 aliphatic carbocycles. The SMILES string of the molecule is O=C1OC(=O)c2c1cc1ccccc1c2-c1ccc2ccccc2c1. The maximum Gasteiger partial charge on any atom is 0.347 e. The Morgan fingerprint density at radius 3 is 2.16 bits per heavy atom. The first-order valence-corrected chi connectivity index (χ1v) is 8.04. The fourth-order valence-electron chi connectivity index (χ4n) is 3.56. The highest BCUT2D eigenvalue weighted by Crippen LogP contribution is 2.38. The van der Waals surface area contributed by atoms with Gasteiger partial charge in [-0.2, -0.15) is 0 Å². The first-order chi connectivity index (χ1) is 12.2. The molecule has 1 aliphatic rings. The van der Waals surface area contributed by atoms with Gasteiger partial charge in [0.05, 0.1) is 11.1 Å². The number of hydrogen-bond acceptors (Lipinski definition) is 3. The van der Waals surface area contributed by atoms with Crippen LogP contribution in [-0.4, -0.2) is 11.9 Å². The molecule has 25 heavy (non-hydrogen) atoms. The van der Waals surface area contributed by atoms with Crippen molar-refractivity contribution in [1.82, 2.24) is 0 Å². The summed E-state index contributed by atoms with van der Waals surface area (Å²) in [4.78, 5) is 24.4. The fourth-order valence-corrected chi connectivity index (χ4v) is 3.56. The van der Waals surface area contributed by atoms with Crippen LogP contribution in [0.5, 0.6) is 0 Å². The van der Waals surface area contributed by atoms with Gasteiger partial charge in [-0.15, -0.1) is 0 Å². The normalized spacial score (nSPS) is 13.3. The minimum Gasteiger partial charge on any atom is -0.386 e. The van der Waals surface area contributed by atoms with Gasteiger partial charge in [0.2, 0.25) is 0 Å². The molecule has 3 nitrogen and oxygen atoms in total. The third kappa shape index (κ3) is 1.99. The lowest BCUT2D eigenvalue weighted by Gasteiger charge is -2.11. The average Bonchev–Trinajstić information content (AvgIpc) is 2.93. The molecule has 4 aromatic rings. The lowest BCUT2D eigenvalue weighted by Crippen LogP contribution is -1.99. The van der Waals surface area contributed by atoms with Crippen LogP contribution in [0, 0.1) is 0 Å². The van der Waals surface area contributed by atoms with Crippen molar-refractivity contribution in [3.63, 3.8) is 0 Å². The second kappa shape index (κ2) is 5.02. The molecular formula is C22H12O3. The van der Waals surface area contributed by atoms with Gasteiger partial charge in [0, 0.05) is 5.56 Å². The smallest absolute Gasteiger partial charge is 0.347 e. The second-order valence-corrected chi connectivity index (χ2v) is 6.13. The molecule has 0 amide bonds. The number of carbonyl (C=O) groups is 2. The van der Waals surface area contributed by atoms with E-state index in [9.17, 15) is 9.59 Å². The molecule has 0 spiro atoms. The zero-order chi connectivity index (χ0) is 17.0. The third-order valence-electron chi connectivity index (χ3n) is 4.70. The Hall–Kier alpha value is -3.46. The summed E-state index contributed by atoms with van der Waals surface area (Å²) in [5.74, 6) is -1.15. The van der Waals surface area contributed by atoms with Crippen molar-refractivity contribution in [3.05, 3.63) is 83.9 Å². The minimum absolute atomic E-state index is 0.340. The average molecular weight is 324 g/mol. The molecule has 0 bridgehead atoms. The standard InChI is InChI=1S/C22H12O3/c23-21-18-12-15-7-3-4-8-17(15)19(20(18)22(24)25-21)16-10-9-13-5-1-2-6-14(13)11-16/h1-12H. The number of fused-ring (bicyclic) bond motifs is 3. The van der Waals surface area contributed by atoms with E-state index in [1.165, 1.54) is 0 Å². The van der Waals surface area contributed by atoms with Gasteiger partial charge in [0.25, 0.3) is 0 Å². The van der Waals surface area contributed by atoms with E-state index in [0.717, 1.165) is 32.7 Å².